The molecule has 0 atom stereocenters. The van der Waals surface area contributed by atoms with Crippen molar-refractivity contribution in [2.45, 2.75) is 13.8 Å². The Kier molecular flexibility index (Phi) is 12.0. The quantitative estimate of drug-likeness (QED) is 0.0739. The summed E-state index contributed by atoms with van der Waals surface area (Å²) in [6.45, 7) is 4.16. The molecule has 2 aromatic heterocycles. The lowest BCUT2D eigenvalue weighted by molar-refractivity contribution is -0.432. The second-order valence-electron chi connectivity index (χ2n) is 11.2. The van der Waals surface area contributed by atoms with Crippen molar-refractivity contribution < 1.29 is 27.6 Å². The van der Waals surface area contributed by atoms with Gasteiger partial charge in [0.05, 0.1) is 51.1 Å². The van der Waals surface area contributed by atoms with E-state index >= 15 is 0 Å². The first-order valence-corrected chi connectivity index (χ1v) is 18.3. The van der Waals surface area contributed by atoms with Crippen molar-refractivity contribution >= 4 is 44.2 Å². The molecule has 7 rings (SSSR count). The van der Waals surface area contributed by atoms with E-state index in [2.05, 4.69) is 96.0 Å². The topological polar surface area (TPSA) is 145 Å². The molecule has 0 radical (unpaired) electrons. The molecule has 12 heteroatoms. The summed E-state index contributed by atoms with van der Waals surface area (Å²) in [7, 11) is -3.67. The lowest BCUT2D eigenvalue weighted by Gasteiger charge is -2.13. The van der Waals surface area contributed by atoms with Crippen LogP contribution in [-0.2, 0) is 19.5 Å². The van der Waals surface area contributed by atoms with Gasteiger partial charge in [-0.1, -0.05) is 102 Å². The van der Waals surface area contributed by atoms with E-state index in [1.54, 1.807) is 6.26 Å². The van der Waals surface area contributed by atoms with Crippen molar-refractivity contribution in [1.82, 2.24) is 19.9 Å². The van der Waals surface area contributed by atoms with Crippen molar-refractivity contribution in [3.05, 3.63) is 132 Å². The predicted octanol–water partition coefficient (Wildman–Crippen LogP) is 9.05. The lowest BCUT2D eigenvalue weighted by Crippen LogP contribution is -1.97. The van der Waals surface area contributed by atoms with Gasteiger partial charge in [0.1, 0.15) is 0 Å². The SMILES string of the molecule is CS(=O)(=O)O.CSOOO.Cc1ccc2nc(-c3ccc(-c4nc5ccc(C)cc5nc4-c4ccccc4)cc3)c(-c3ccccc3)nc2c1. The van der Waals surface area contributed by atoms with Gasteiger partial charge in [0.15, 0.2) is 0 Å². The molecule has 2 heterocycles. The zero-order chi connectivity index (χ0) is 35.7. The maximum Gasteiger partial charge on any atom is 0.261 e. The molecule has 254 valence electrons. The highest BCUT2D eigenvalue weighted by Crippen LogP contribution is 2.35. The zero-order valence-electron chi connectivity index (χ0n) is 27.7. The van der Waals surface area contributed by atoms with Gasteiger partial charge in [-0.3, -0.25) is 4.55 Å². The minimum absolute atomic E-state index is 0.715. The second-order valence-corrected chi connectivity index (χ2v) is 13.1. The molecule has 0 fully saturated rings. The maximum atomic E-state index is 9.19. The van der Waals surface area contributed by atoms with E-state index in [4.69, 9.17) is 29.7 Å². The van der Waals surface area contributed by atoms with Gasteiger partial charge in [0.25, 0.3) is 10.1 Å². The van der Waals surface area contributed by atoms with Gasteiger partial charge in [0.2, 0.25) is 0 Å². The predicted molar refractivity (Wildman–Crippen MR) is 200 cm³/mol. The summed E-state index contributed by atoms with van der Waals surface area (Å²) in [5.41, 5.74) is 13.4. The smallest absolute Gasteiger partial charge is 0.261 e. The van der Waals surface area contributed by atoms with Gasteiger partial charge in [-0.15, -0.1) is 4.33 Å². The Morgan fingerprint density at radius 1 is 0.540 bits per heavy atom. The first kappa shape index (κ1) is 36.2. The molecular weight excluding hydrogens is 673 g/mol. The van der Waals surface area contributed by atoms with Crippen LogP contribution in [0.25, 0.3) is 67.1 Å². The van der Waals surface area contributed by atoms with E-state index < -0.39 is 10.1 Å². The van der Waals surface area contributed by atoms with Crippen LogP contribution >= 0.6 is 12.0 Å². The van der Waals surface area contributed by atoms with Crippen LogP contribution in [0.1, 0.15) is 11.1 Å². The Morgan fingerprint density at radius 3 is 1.16 bits per heavy atom. The summed E-state index contributed by atoms with van der Waals surface area (Å²) in [5, 5.41) is 10.5. The molecule has 0 unspecified atom stereocenters. The van der Waals surface area contributed by atoms with Gasteiger partial charge in [0, 0.05) is 40.6 Å². The lowest BCUT2D eigenvalue weighted by atomic mass is 9.99. The van der Waals surface area contributed by atoms with E-state index in [0.29, 0.717) is 6.26 Å². The van der Waals surface area contributed by atoms with Crippen LogP contribution in [-0.4, -0.2) is 50.7 Å². The van der Waals surface area contributed by atoms with Crippen LogP contribution in [0.2, 0.25) is 0 Å². The van der Waals surface area contributed by atoms with Gasteiger partial charge in [-0.2, -0.15) is 8.42 Å². The average molecular weight is 707 g/mol. The Morgan fingerprint density at radius 2 is 0.860 bits per heavy atom. The highest BCUT2D eigenvalue weighted by atomic mass is 32.2. The third kappa shape index (κ3) is 9.54. The average Bonchev–Trinajstić information content (AvgIpc) is 3.11. The molecule has 0 aliphatic carbocycles. The number of aromatic nitrogens is 4. The van der Waals surface area contributed by atoms with Crippen LogP contribution in [0.5, 0.6) is 0 Å². The van der Waals surface area contributed by atoms with E-state index in [0.717, 1.165) is 79.1 Å². The van der Waals surface area contributed by atoms with Crippen LogP contribution in [0, 0.1) is 13.8 Å². The van der Waals surface area contributed by atoms with Crippen molar-refractivity contribution in [2.24, 2.45) is 0 Å². The summed E-state index contributed by atoms with van der Waals surface area (Å²) in [4.78, 5) is 20.3. The minimum atomic E-state index is -3.67. The highest BCUT2D eigenvalue weighted by molar-refractivity contribution is 7.93. The zero-order valence-corrected chi connectivity index (χ0v) is 29.3. The molecule has 0 aliphatic rings. The number of fused-ring (bicyclic) bond motifs is 2. The van der Waals surface area contributed by atoms with Crippen molar-refractivity contribution in [2.75, 3.05) is 12.5 Å². The van der Waals surface area contributed by atoms with Crippen LogP contribution in [0.15, 0.2) is 121 Å². The summed E-state index contributed by atoms with van der Waals surface area (Å²) in [5.74, 6) is 0. The molecular formula is C38H34N4O6S2. The molecule has 10 nitrogen and oxygen atoms in total. The molecule has 0 saturated heterocycles. The largest absolute Gasteiger partial charge is 0.286 e. The standard InChI is InChI=1S/C36H26N4.2CH4O3S/c1-23-13-19-29-31(21-23)39-33(25-9-5-3-6-10-25)35(37-29)27-15-17-28(18-16-27)36-34(26-11-7-4-8-12-26)40-32-22-24(2)14-20-30(32)38-36;1-5(2,3)4;1-5-4-3-2/h3-22H,1-2H3;1H3,(H,2,3,4);2H,1H3. The van der Waals surface area contributed by atoms with Gasteiger partial charge < -0.3 is 0 Å². The Labute approximate surface area is 294 Å². The maximum absolute atomic E-state index is 9.19. The number of benzene rings is 5. The first-order chi connectivity index (χ1) is 24.0. The van der Waals surface area contributed by atoms with Crippen molar-refractivity contribution in [3.63, 3.8) is 0 Å². The summed E-state index contributed by atoms with van der Waals surface area (Å²) in [6, 6.07) is 41.4. The first-order valence-electron chi connectivity index (χ1n) is 15.3. The number of hydrogen-bond donors (Lipinski definition) is 2. The van der Waals surface area contributed by atoms with Crippen LogP contribution in [0.3, 0.4) is 0 Å². The minimum Gasteiger partial charge on any atom is -0.286 e. The number of nitrogens with zero attached hydrogens (tertiary/aromatic N) is 4. The second kappa shape index (κ2) is 16.5. The Bertz CT molecular complexity index is 2170. The van der Waals surface area contributed by atoms with Gasteiger partial charge in [-0.05, 0) is 49.2 Å². The van der Waals surface area contributed by atoms with Crippen LogP contribution in [0.4, 0.5) is 0 Å². The van der Waals surface area contributed by atoms with Crippen molar-refractivity contribution in [1.29, 1.82) is 0 Å². The fourth-order valence-electron chi connectivity index (χ4n) is 5.14. The molecule has 0 saturated carbocycles. The molecule has 50 heavy (non-hydrogen) atoms. The molecule has 0 amide bonds. The third-order valence-electron chi connectivity index (χ3n) is 7.26. The fourth-order valence-corrected chi connectivity index (χ4v) is 5.20. The molecule has 5 aromatic carbocycles. The van der Waals surface area contributed by atoms with E-state index in [9.17, 15) is 8.42 Å². The monoisotopic (exact) mass is 706 g/mol. The number of hydrogen-bond acceptors (Lipinski definition) is 10. The molecule has 0 aliphatic heterocycles. The normalized spacial score (nSPS) is 11.0. The fraction of sp³-hybridized carbons (Fsp3) is 0.105. The third-order valence-corrected chi connectivity index (χ3v) is 7.46. The van der Waals surface area contributed by atoms with Crippen LogP contribution < -0.4 is 0 Å². The summed E-state index contributed by atoms with van der Waals surface area (Å²) >= 11 is 0.929. The summed E-state index contributed by atoms with van der Waals surface area (Å²) < 4.78 is 29.7. The Hall–Kier alpha value is -5.08. The van der Waals surface area contributed by atoms with E-state index in [1.165, 1.54) is 11.1 Å². The molecule has 2 N–H and O–H groups in total. The molecule has 0 spiro atoms. The Balaban J connectivity index is 0.000000430. The van der Waals surface area contributed by atoms with Crippen molar-refractivity contribution in [3.8, 4) is 45.0 Å². The number of rotatable bonds is 6. The van der Waals surface area contributed by atoms with E-state index in [-0.39, 0.29) is 0 Å². The van der Waals surface area contributed by atoms with Gasteiger partial charge >= 0.3 is 0 Å². The van der Waals surface area contributed by atoms with Gasteiger partial charge in [-0.25, -0.2) is 25.2 Å². The highest BCUT2D eigenvalue weighted by Gasteiger charge is 2.16. The number of aryl methyl sites for hydroxylation is 2. The van der Waals surface area contributed by atoms with E-state index in [1.807, 2.05) is 48.5 Å². The summed E-state index contributed by atoms with van der Waals surface area (Å²) in [6.07, 6.45) is 2.34. The molecule has 0 bridgehead atoms. The molecule has 7 aromatic rings.